The predicted molar refractivity (Wildman–Crippen MR) is 75.9 cm³/mol. The van der Waals surface area contributed by atoms with E-state index in [1.54, 1.807) is 34.9 Å². The monoisotopic (exact) mass is 283 g/mol. The molecule has 2 amide bonds. The van der Waals surface area contributed by atoms with Crippen molar-refractivity contribution in [3.63, 3.8) is 0 Å². The Balaban J connectivity index is 1.85. The maximum atomic E-state index is 12.6. The quantitative estimate of drug-likeness (QED) is 0.821. The molecule has 0 spiro atoms. The van der Waals surface area contributed by atoms with Gasteiger partial charge in [0.15, 0.2) is 0 Å². The predicted octanol–water partition coefficient (Wildman–Crippen LogP) is 1.28. The Kier molecular flexibility index (Phi) is 3.38. The summed E-state index contributed by atoms with van der Waals surface area (Å²) in [5.74, 6) is 0.0653. The van der Waals surface area contributed by atoms with Gasteiger partial charge in [-0.05, 0) is 37.5 Å². The summed E-state index contributed by atoms with van der Waals surface area (Å²) in [6.07, 6.45) is 1.65. The van der Waals surface area contributed by atoms with Crippen LogP contribution in [0.25, 0.3) is 0 Å². The van der Waals surface area contributed by atoms with Gasteiger partial charge in [-0.2, -0.15) is 5.26 Å². The molecule has 21 heavy (non-hydrogen) atoms. The lowest BCUT2D eigenvalue weighted by Crippen LogP contribution is -2.61. The highest BCUT2D eigenvalue weighted by Crippen LogP contribution is 2.27. The summed E-state index contributed by atoms with van der Waals surface area (Å²) in [5, 5.41) is 8.95. The molecule has 1 aromatic carbocycles. The van der Waals surface area contributed by atoms with Crippen LogP contribution in [0.1, 0.15) is 30.9 Å². The van der Waals surface area contributed by atoms with Crippen LogP contribution in [0.5, 0.6) is 0 Å². The van der Waals surface area contributed by atoms with Gasteiger partial charge in [0.25, 0.3) is 0 Å². The van der Waals surface area contributed by atoms with E-state index in [1.165, 1.54) is 0 Å². The molecule has 2 atom stereocenters. The average molecular weight is 283 g/mol. The van der Waals surface area contributed by atoms with Crippen molar-refractivity contribution < 1.29 is 9.59 Å². The second-order valence-corrected chi connectivity index (χ2v) is 5.64. The van der Waals surface area contributed by atoms with Gasteiger partial charge in [0.2, 0.25) is 11.8 Å². The van der Waals surface area contributed by atoms with Gasteiger partial charge in [-0.15, -0.1) is 0 Å². The lowest BCUT2D eigenvalue weighted by atomic mass is 10.0. The van der Waals surface area contributed by atoms with Crippen LogP contribution in [0.2, 0.25) is 0 Å². The molecule has 5 nitrogen and oxygen atoms in total. The molecule has 0 aliphatic carbocycles. The second-order valence-electron chi connectivity index (χ2n) is 5.64. The molecule has 1 aromatic rings. The molecular formula is C16H17N3O2. The molecule has 108 valence electrons. The average Bonchev–Trinajstić information content (AvgIpc) is 2.99. The Morgan fingerprint density at radius 2 is 2.14 bits per heavy atom. The third-order valence-electron chi connectivity index (χ3n) is 4.34. The first-order chi connectivity index (χ1) is 10.1. The van der Waals surface area contributed by atoms with Crippen LogP contribution in [-0.2, 0) is 16.1 Å². The fourth-order valence-electron chi connectivity index (χ4n) is 3.19. The topological polar surface area (TPSA) is 64.4 Å². The Morgan fingerprint density at radius 3 is 2.90 bits per heavy atom. The minimum atomic E-state index is -0.433. The minimum Gasteiger partial charge on any atom is -0.329 e. The fraction of sp³-hybridized carbons (Fsp3) is 0.438. The van der Waals surface area contributed by atoms with Gasteiger partial charge in [0.1, 0.15) is 12.1 Å². The van der Waals surface area contributed by atoms with Crippen molar-refractivity contribution in [1.82, 2.24) is 9.80 Å². The Bertz CT molecular complexity index is 635. The summed E-state index contributed by atoms with van der Waals surface area (Å²) in [6.45, 7) is 2.85. The van der Waals surface area contributed by atoms with E-state index in [2.05, 4.69) is 6.07 Å². The molecule has 2 fully saturated rings. The number of hydrogen-bond donors (Lipinski definition) is 0. The van der Waals surface area contributed by atoms with Gasteiger partial charge >= 0.3 is 0 Å². The maximum absolute atomic E-state index is 12.6. The highest BCUT2D eigenvalue weighted by atomic mass is 16.2. The molecule has 0 unspecified atom stereocenters. The number of carbonyl (C=O) groups is 2. The first-order valence-corrected chi connectivity index (χ1v) is 7.22. The lowest BCUT2D eigenvalue weighted by Gasteiger charge is -2.41. The van der Waals surface area contributed by atoms with Crippen molar-refractivity contribution in [2.75, 3.05) is 6.54 Å². The number of fused-ring (bicyclic) bond motifs is 1. The van der Waals surface area contributed by atoms with Crippen LogP contribution in [0.3, 0.4) is 0 Å². The zero-order valence-electron chi connectivity index (χ0n) is 12.0. The standard InChI is InChI=1S/C16H17N3O2/c1-11-15(20)18-7-3-6-14(18)16(21)19(11)10-13-5-2-4-12(8-13)9-17/h2,4-5,8,11,14H,3,6-7,10H2,1H3/t11-,14-/m0/s1. The normalized spacial score (nSPS) is 25.0. The third kappa shape index (κ3) is 2.27. The van der Waals surface area contributed by atoms with E-state index < -0.39 is 6.04 Å². The van der Waals surface area contributed by atoms with Gasteiger partial charge in [-0.3, -0.25) is 9.59 Å². The Hall–Kier alpha value is -2.35. The summed E-state index contributed by atoms with van der Waals surface area (Å²) in [5.41, 5.74) is 1.45. The van der Waals surface area contributed by atoms with Crippen molar-refractivity contribution in [2.24, 2.45) is 0 Å². The molecule has 0 saturated carbocycles. The third-order valence-corrected chi connectivity index (χ3v) is 4.34. The zero-order chi connectivity index (χ0) is 15.0. The van der Waals surface area contributed by atoms with Gasteiger partial charge < -0.3 is 9.80 Å². The number of piperazine rings is 1. The Morgan fingerprint density at radius 1 is 1.33 bits per heavy atom. The summed E-state index contributed by atoms with van der Waals surface area (Å²) >= 11 is 0. The summed E-state index contributed by atoms with van der Waals surface area (Å²) in [4.78, 5) is 28.3. The summed E-state index contributed by atoms with van der Waals surface area (Å²) in [7, 11) is 0. The van der Waals surface area contributed by atoms with Crippen molar-refractivity contribution >= 4 is 11.8 Å². The molecule has 2 aliphatic rings. The van der Waals surface area contributed by atoms with Gasteiger partial charge in [-0.25, -0.2) is 0 Å². The molecule has 5 heteroatoms. The first-order valence-electron chi connectivity index (χ1n) is 7.22. The lowest BCUT2D eigenvalue weighted by molar-refractivity contribution is -0.159. The highest BCUT2D eigenvalue weighted by Gasteiger charge is 2.45. The zero-order valence-corrected chi connectivity index (χ0v) is 12.0. The van der Waals surface area contributed by atoms with Crippen LogP contribution in [0, 0.1) is 11.3 Å². The minimum absolute atomic E-state index is 0.0296. The fourth-order valence-corrected chi connectivity index (χ4v) is 3.19. The van der Waals surface area contributed by atoms with Gasteiger partial charge in [0.05, 0.1) is 11.6 Å². The van der Waals surface area contributed by atoms with E-state index in [1.807, 2.05) is 6.07 Å². The summed E-state index contributed by atoms with van der Waals surface area (Å²) in [6, 6.07) is 8.56. The van der Waals surface area contributed by atoms with E-state index in [0.717, 1.165) is 18.4 Å². The van der Waals surface area contributed by atoms with Crippen molar-refractivity contribution in [1.29, 1.82) is 5.26 Å². The molecule has 2 saturated heterocycles. The van der Waals surface area contributed by atoms with Crippen LogP contribution >= 0.6 is 0 Å². The number of hydrogen-bond acceptors (Lipinski definition) is 3. The largest absolute Gasteiger partial charge is 0.329 e. The van der Waals surface area contributed by atoms with Crippen LogP contribution in [0.4, 0.5) is 0 Å². The number of carbonyl (C=O) groups excluding carboxylic acids is 2. The van der Waals surface area contributed by atoms with Gasteiger partial charge in [-0.1, -0.05) is 12.1 Å². The van der Waals surface area contributed by atoms with E-state index in [0.29, 0.717) is 18.7 Å². The Labute approximate surface area is 123 Å². The van der Waals surface area contributed by atoms with Crippen LogP contribution in [-0.4, -0.2) is 40.2 Å². The molecule has 2 heterocycles. The highest BCUT2D eigenvalue weighted by molar-refractivity contribution is 5.97. The number of nitriles is 1. The van der Waals surface area contributed by atoms with Crippen molar-refractivity contribution in [2.45, 2.75) is 38.4 Å². The number of amides is 2. The molecule has 0 N–H and O–H groups in total. The maximum Gasteiger partial charge on any atom is 0.246 e. The number of benzene rings is 1. The molecule has 0 aromatic heterocycles. The number of nitrogens with zero attached hydrogens (tertiary/aromatic N) is 3. The molecule has 0 radical (unpaired) electrons. The molecule has 2 aliphatic heterocycles. The number of rotatable bonds is 2. The smallest absolute Gasteiger partial charge is 0.246 e. The van der Waals surface area contributed by atoms with E-state index in [4.69, 9.17) is 5.26 Å². The molecule has 0 bridgehead atoms. The van der Waals surface area contributed by atoms with E-state index in [9.17, 15) is 9.59 Å². The van der Waals surface area contributed by atoms with Crippen molar-refractivity contribution in [3.05, 3.63) is 35.4 Å². The SMILES string of the molecule is C[C@H]1C(=O)N2CCC[C@H]2C(=O)N1Cc1cccc(C#N)c1. The van der Waals surface area contributed by atoms with Crippen LogP contribution in [0.15, 0.2) is 24.3 Å². The van der Waals surface area contributed by atoms with Crippen molar-refractivity contribution in [3.8, 4) is 6.07 Å². The second kappa shape index (κ2) is 5.21. The van der Waals surface area contributed by atoms with E-state index in [-0.39, 0.29) is 17.9 Å². The van der Waals surface area contributed by atoms with Gasteiger partial charge in [0, 0.05) is 13.1 Å². The molecule has 3 rings (SSSR count). The first kappa shape index (κ1) is 13.6. The molecular weight excluding hydrogens is 266 g/mol. The van der Waals surface area contributed by atoms with E-state index >= 15 is 0 Å². The summed E-state index contributed by atoms with van der Waals surface area (Å²) < 4.78 is 0. The van der Waals surface area contributed by atoms with Crippen LogP contribution < -0.4 is 0 Å².